The van der Waals surface area contributed by atoms with E-state index in [1.165, 1.54) is 6.92 Å². The Labute approximate surface area is 107 Å². The van der Waals surface area contributed by atoms with Gasteiger partial charge in [-0.3, -0.25) is 14.4 Å². The lowest BCUT2D eigenvalue weighted by atomic mass is 10.00. The third-order valence-electron chi connectivity index (χ3n) is 2.71. The highest BCUT2D eigenvalue weighted by molar-refractivity contribution is 5.90. The molecule has 1 amide bonds. The normalized spacial score (nSPS) is 14.1. The number of rotatable bonds is 8. The number of aliphatic carboxylic acids is 1. The molecule has 6 nitrogen and oxygen atoms in total. The van der Waals surface area contributed by atoms with E-state index in [2.05, 4.69) is 10.6 Å². The lowest BCUT2D eigenvalue weighted by Crippen LogP contribution is -2.50. The van der Waals surface area contributed by atoms with Crippen molar-refractivity contribution in [3.63, 3.8) is 0 Å². The molecule has 6 heteroatoms. The quantitative estimate of drug-likeness (QED) is 0.577. The van der Waals surface area contributed by atoms with Gasteiger partial charge in [0.1, 0.15) is 0 Å². The molecule has 0 aromatic carbocycles. The second-order valence-corrected chi connectivity index (χ2v) is 4.61. The van der Waals surface area contributed by atoms with E-state index in [4.69, 9.17) is 5.11 Å². The maximum Gasteiger partial charge on any atom is 0.303 e. The molecule has 2 atom stereocenters. The molecule has 18 heavy (non-hydrogen) atoms. The second kappa shape index (κ2) is 7.81. The van der Waals surface area contributed by atoms with E-state index in [9.17, 15) is 14.4 Å². The van der Waals surface area contributed by atoms with Crippen LogP contribution in [0, 0.1) is 5.92 Å². The maximum atomic E-state index is 11.9. The van der Waals surface area contributed by atoms with Crippen LogP contribution in [0.25, 0.3) is 0 Å². The van der Waals surface area contributed by atoms with Crippen LogP contribution in [0.15, 0.2) is 0 Å². The van der Waals surface area contributed by atoms with E-state index in [-0.39, 0.29) is 30.4 Å². The summed E-state index contributed by atoms with van der Waals surface area (Å²) < 4.78 is 0. The fourth-order valence-corrected chi connectivity index (χ4v) is 1.67. The summed E-state index contributed by atoms with van der Waals surface area (Å²) in [5.41, 5.74) is 0. The van der Waals surface area contributed by atoms with Crippen LogP contribution >= 0.6 is 0 Å². The molecule has 0 radical (unpaired) electrons. The summed E-state index contributed by atoms with van der Waals surface area (Å²) in [5, 5.41) is 14.0. The van der Waals surface area contributed by atoms with Gasteiger partial charge in [0.2, 0.25) is 5.91 Å². The lowest BCUT2D eigenvalue weighted by Gasteiger charge is -2.23. The van der Waals surface area contributed by atoms with Gasteiger partial charge in [-0.1, -0.05) is 13.8 Å². The number of carboxylic acid groups (broad SMARTS) is 1. The van der Waals surface area contributed by atoms with Crippen molar-refractivity contribution >= 4 is 17.7 Å². The number of carboxylic acids is 1. The van der Waals surface area contributed by atoms with E-state index >= 15 is 0 Å². The summed E-state index contributed by atoms with van der Waals surface area (Å²) in [7, 11) is 1.59. The largest absolute Gasteiger partial charge is 0.481 e. The van der Waals surface area contributed by atoms with Crippen molar-refractivity contribution < 1.29 is 19.5 Å². The summed E-state index contributed by atoms with van der Waals surface area (Å²) >= 11 is 0. The number of carbonyl (C=O) groups excluding carboxylic acids is 2. The molecular formula is C12H22N2O4. The lowest BCUT2D eigenvalue weighted by molar-refractivity contribution is -0.137. The molecule has 0 aliphatic rings. The van der Waals surface area contributed by atoms with E-state index in [1.54, 1.807) is 7.05 Å². The van der Waals surface area contributed by atoms with Crippen molar-refractivity contribution in [3.05, 3.63) is 0 Å². The Balaban J connectivity index is 4.50. The van der Waals surface area contributed by atoms with Crippen LogP contribution in [0.2, 0.25) is 0 Å². The van der Waals surface area contributed by atoms with Crippen LogP contribution in [0.5, 0.6) is 0 Å². The number of Topliss-reactive ketones (excluding diaryl/α,β-unsaturated/α-hetero) is 1. The third kappa shape index (κ3) is 5.77. The fourth-order valence-electron chi connectivity index (χ4n) is 1.67. The highest BCUT2D eigenvalue weighted by Crippen LogP contribution is 2.05. The Hall–Kier alpha value is -1.43. The summed E-state index contributed by atoms with van der Waals surface area (Å²) in [6, 6.07) is -1.13. The molecule has 0 aromatic rings. The summed E-state index contributed by atoms with van der Waals surface area (Å²) in [6.07, 6.45) is 0.103. The number of amides is 1. The van der Waals surface area contributed by atoms with Crippen LogP contribution in [0.3, 0.4) is 0 Å². The van der Waals surface area contributed by atoms with E-state index in [0.717, 1.165) is 0 Å². The molecule has 104 valence electrons. The van der Waals surface area contributed by atoms with Crippen molar-refractivity contribution in [2.24, 2.45) is 5.92 Å². The Morgan fingerprint density at radius 1 is 1.22 bits per heavy atom. The zero-order valence-electron chi connectivity index (χ0n) is 11.3. The average molecular weight is 258 g/mol. The zero-order chi connectivity index (χ0) is 14.3. The average Bonchev–Trinajstić information content (AvgIpc) is 2.25. The van der Waals surface area contributed by atoms with Gasteiger partial charge in [0.15, 0.2) is 5.78 Å². The molecule has 0 unspecified atom stereocenters. The highest BCUT2D eigenvalue weighted by Gasteiger charge is 2.24. The first kappa shape index (κ1) is 16.6. The van der Waals surface area contributed by atoms with Crippen molar-refractivity contribution in [2.75, 3.05) is 7.05 Å². The van der Waals surface area contributed by atoms with Crippen LogP contribution in [-0.2, 0) is 14.4 Å². The first-order valence-electron chi connectivity index (χ1n) is 5.99. The molecule has 0 aromatic heterocycles. The van der Waals surface area contributed by atoms with Crippen LogP contribution in [0.1, 0.15) is 33.6 Å². The zero-order valence-corrected chi connectivity index (χ0v) is 11.3. The number of hydrogen-bond donors (Lipinski definition) is 3. The van der Waals surface area contributed by atoms with E-state index in [0.29, 0.717) is 0 Å². The summed E-state index contributed by atoms with van der Waals surface area (Å²) in [5.74, 6) is -1.39. The molecule has 0 aliphatic heterocycles. The van der Waals surface area contributed by atoms with Crippen LogP contribution in [0.4, 0.5) is 0 Å². The molecule has 0 heterocycles. The minimum absolute atomic E-state index is 0.00318. The minimum atomic E-state index is -0.949. The summed E-state index contributed by atoms with van der Waals surface area (Å²) in [4.78, 5) is 33.7. The summed E-state index contributed by atoms with van der Waals surface area (Å²) in [6.45, 7) is 5.12. The number of nitrogens with one attached hydrogen (secondary N) is 2. The SMILES string of the molecule is CN[C@@H](CCC(=O)O)C(=O)N[C@H](C(C)=O)C(C)C. The van der Waals surface area contributed by atoms with Gasteiger partial charge in [0.25, 0.3) is 0 Å². The molecule has 0 bridgehead atoms. The minimum Gasteiger partial charge on any atom is -0.481 e. The Kier molecular flexibility index (Phi) is 7.19. The maximum absolute atomic E-state index is 11.9. The van der Waals surface area contributed by atoms with Crippen molar-refractivity contribution in [2.45, 2.75) is 45.7 Å². The number of hydrogen-bond acceptors (Lipinski definition) is 4. The topological polar surface area (TPSA) is 95.5 Å². The highest BCUT2D eigenvalue weighted by atomic mass is 16.4. The van der Waals surface area contributed by atoms with Gasteiger partial charge in [0.05, 0.1) is 12.1 Å². The van der Waals surface area contributed by atoms with Crippen molar-refractivity contribution in [3.8, 4) is 0 Å². The molecule has 3 N–H and O–H groups in total. The third-order valence-corrected chi connectivity index (χ3v) is 2.71. The van der Waals surface area contributed by atoms with Gasteiger partial charge in [-0.2, -0.15) is 0 Å². The van der Waals surface area contributed by atoms with Gasteiger partial charge >= 0.3 is 5.97 Å². The van der Waals surface area contributed by atoms with Crippen LogP contribution in [-0.4, -0.2) is 41.9 Å². The van der Waals surface area contributed by atoms with E-state index < -0.39 is 18.1 Å². The monoisotopic (exact) mass is 258 g/mol. The number of carbonyl (C=O) groups is 3. The van der Waals surface area contributed by atoms with Gasteiger partial charge in [0, 0.05) is 6.42 Å². The molecular weight excluding hydrogens is 236 g/mol. The molecule has 0 fully saturated rings. The standard InChI is InChI=1S/C12H22N2O4/c1-7(2)11(8(3)15)14-12(18)9(13-4)5-6-10(16)17/h7,9,11,13H,5-6H2,1-4H3,(H,14,18)(H,16,17)/t9-,11-/m0/s1. The second-order valence-electron chi connectivity index (χ2n) is 4.61. The van der Waals surface area contributed by atoms with Gasteiger partial charge in [-0.05, 0) is 26.3 Å². The molecule has 0 saturated heterocycles. The fraction of sp³-hybridized carbons (Fsp3) is 0.750. The van der Waals surface area contributed by atoms with Gasteiger partial charge in [-0.25, -0.2) is 0 Å². The predicted molar refractivity (Wildman–Crippen MR) is 67.2 cm³/mol. The van der Waals surface area contributed by atoms with E-state index in [1.807, 2.05) is 13.8 Å². The predicted octanol–water partition coefficient (Wildman–Crippen LogP) is 0.169. The van der Waals surface area contributed by atoms with Gasteiger partial charge in [-0.15, -0.1) is 0 Å². The Morgan fingerprint density at radius 2 is 1.78 bits per heavy atom. The smallest absolute Gasteiger partial charge is 0.303 e. The molecule has 0 rings (SSSR count). The molecule has 0 spiro atoms. The number of likely N-dealkylation sites (N-methyl/N-ethyl adjacent to an activating group) is 1. The first-order chi connectivity index (χ1) is 8.29. The van der Waals surface area contributed by atoms with Crippen molar-refractivity contribution in [1.29, 1.82) is 0 Å². The molecule has 0 saturated carbocycles. The Morgan fingerprint density at radius 3 is 2.11 bits per heavy atom. The van der Waals surface area contributed by atoms with Crippen LogP contribution < -0.4 is 10.6 Å². The van der Waals surface area contributed by atoms with Crippen molar-refractivity contribution in [1.82, 2.24) is 10.6 Å². The number of ketones is 1. The Bertz CT molecular complexity index is 315. The first-order valence-corrected chi connectivity index (χ1v) is 5.99. The molecule has 0 aliphatic carbocycles. The van der Waals surface area contributed by atoms with Gasteiger partial charge < -0.3 is 15.7 Å².